The first-order chi connectivity index (χ1) is 16.8. The van der Waals surface area contributed by atoms with Crippen molar-refractivity contribution in [3.05, 3.63) is 59.3 Å². The zero-order valence-electron chi connectivity index (χ0n) is 20.0. The van der Waals surface area contributed by atoms with Crippen molar-refractivity contribution in [1.29, 1.82) is 0 Å². The van der Waals surface area contributed by atoms with Crippen molar-refractivity contribution in [2.75, 3.05) is 34.8 Å². The van der Waals surface area contributed by atoms with Gasteiger partial charge in [0.15, 0.2) is 5.82 Å². The highest BCUT2D eigenvalue weighted by molar-refractivity contribution is 5.97. The molecule has 2 N–H and O–H groups in total. The normalized spacial score (nSPS) is 15.1. The van der Waals surface area contributed by atoms with Crippen LogP contribution >= 0.6 is 0 Å². The van der Waals surface area contributed by atoms with Crippen molar-refractivity contribution in [3.63, 3.8) is 0 Å². The highest BCUT2D eigenvalue weighted by atomic mass is 19.1. The van der Waals surface area contributed by atoms with Gasteiger partial charge >= 0.3 is 0 Å². The molecule has 1 aromatic heterocycles. The predicted octanol–water partition coefficient (Wildman–Crippen LogP) is 4.39. The number of rotatable bonds is 4. The third kappa shape index (κ3) is 4.43. The van der Waals surface area contributed by atoms with Gasteiger partial charge in [0.05, 0.1) is 11.9 Å². The number of halogens is 2. The van der Waals surface area contributed by atoms with Crippen LogP contribution in [0.3, 0.4) is 0 Å². The fourth-order valence-corrected chi connectivity index (χ4v) is 4.81. The molecule has 9 heteroatoms. The van der Waals surface area contributed by atoms with Crippen LogP contribution < -0.4 is 20.4 Å². The first-order valence-corrected chi connectivity index (χ1v) is 11.8. The van der Waals surface area contributed by atoms with Crippen molar-refractivity contribution < 1.29 is 13.6 Å². The molecule has 35 heavy (non-hydrogen) atoms. The highest BCUT2D eigenvalue weighted by Gasteiger charge is 2.30. The number of nitrogens with zero attached hydrogens (tertiary/aromatic N) is 4. The molecule has 182 valence electrons. The molecule has 0 spiro atoms. The van der Waals surface area contributed by atoms with Crippen molar-refractivity contribution in [2.24, 2.45) is 0 Å². The average molecular weight is 479 g/mol. The lowest BCUT2D eigenvalue weighted by molar-refractivity contribution is -0.116. The van der Waals surface area contributed by atoms with Crippen molar-refractivity contribution in [1.82, 2.24) is 15.3 Å². The topological polar surface area (TPSA) is 73.4 Å². The van der Waals surface area contributed by atoms with Crippen LogP contribution in [0.4, 0.5) is 31.8 Å². The maximum absolute atomic E-state index is 15.4. The summed E-state index contributed by atoms with van der Waals surface area (Å²) in [6.45, 7) is 8.13. The number of fused-ring (bicyclic) bond motifs is 2. The lowest BCUT2D eigenvalue weighted by Gasteiger charge is -2.40. The van der Waals surface area contributed by atoms with E-state index in [4.69, 9.17) is 0 Å². The van der Waals surface area contributed by atoms with E-state index in [9.17, 15) is 9.18 Å². The average Bonchev–Trinajstić information content (AvgIpc) is 2.84. The summed E-state index contributed by atoms with van der Waals surface area (Å²) >= 11 is 0. The molecule has 0 saturated heterocycles. The number of amides is 1. The van der Waals surface area contributed by atoms with Gasteiger partial charge in [0, 0.05) is 43.9 Å². The summed E-state index contributed by atoms with van der Waals surface area (Å²) in [5.41, 5.74) is 4.36. The van der Waals surface area contributed by atoms with Crippen LogP contribution in [0, 0.1) is 11.6 Å². The Bertz CT molecular complexity index is 1300. The summed E-state index contributed by atoms with van der Waals surface area (Å²) in [5.74, 6) is -1.25. The van der Waals surface area contributed by atoms with Crippen LogP contribution in [0.2, 0.25) is 0 Å². The standard InChI is InChI=1S/C26H28F2N6O/c1-15(2)33-8-9-34(16(3)35)25-21(27)11-19(12-23(25)33)24-22(28)14-30-26(32-24)31-20-5-4-18-13-29-7-6-17(18)10-20/h4-5,10-12,14-15,29H,6-9,13H2,1-3H3,(H,30,31,32). The molecule has 1 amide bonds. The van der Waals surface area contributed by atoms with E-state index in [0.29, 0.717) is 18.8 Å². The predicted molar refractivity (Wildman–Crippen MR) is 133 cm³/mol. The van der Waals surface area contributed by atoms with Gasteiger partial charge in [-0.2, -0.15) is 0 Å². The molecule has 0 aliphatic carbocycles. The summed E-state index contributed by atoms with van der Waals surface area (Å²) in [7, 11) is 0. The van der Waals surface area contributed by atoms with Gasteiger partial charge < -0.3 is 20.4 Å². The minimum Gasteiger partial charge on any atom is -0.366 e. The second-order valence-corrected chi connectivity index (χ2v) is 9.21. The van der Waals surface area contributed by atoms with Gasteiger partial charge in [-0.15, -0.1) is 0 Å². The zero-order chi connectivity index (χ0) is 24.7. The summed E-state index contributed by atoms with van der Waals surface area (Å²) in [6, 6.07) is 9.05. The Labute approximate surface area is 203 Å². The molecule has 7 nitrogen and oxygen atoms in total. The molecule has 2 aliphatic rings. The van der Waals surface area contributed by atoms with Crippen LogP contribution in [-0.4, -0.2) is 41.6 Å². The fraction of sp³-hybridized carbons (Fsp3) is 0.346. The van der Waals surface area contributed by atoms with Gasteiger partial charge in [-0.3, -0.25) is 4.79 Å². The quantitative estimate of drug-likeness (QED) is 0.580. The Morgan fingerprint density at radius 2 is 1.94 bits per heavy atom. The Morgan fingerprint density at radius 3 is 2.71 bits per heavy atom. The van der Waals surface area contributed by atoms with Crippen LogP contribution in [0.25, 0.3) is 11.3 Å². The maximum atomic E-state index is 15.4. The van der Waals surface area contributed by atoms with Gasteiger partial charge in [0.1, 0.15) is 17.2 Å². The number of hydrogen-bond donors (Lipinski definition) is 2. The van der Waals surface area contributed by atoms with E-state index in [1.165, 1.54) is 29.0 Å². The van der Waals surface area contributed by atoms with Crippen LogP contribution in [0.5, 0.6) is 0 Å². The monoisotopic (exact) mass is 478 g/mol. The summed E-state index contributed by atoms with van der Waals surface area (Å²) in [4.78, 5) is 24.1. The highest BCUT2D eigenvalue weighted by Crippen LogP contribution is 2.40. The largest absolute Gasteiger partial charge is 0.366 e. The number of benzene rings is 2. The molecule has 0 unspecified atom stereocenters. The van der Waals surface area contributed by atoms with Crippen LogP contribution in [0.15, 0.2) is 36.5 Å². The Balaban J connectivity index is 1.53. The third-order valence-corrected chi connectivity index (χ3v) is 6.56. The lowest BCUT2D eigenvalue weighted by Crippen LogP contribution is -2.46. The van der Waals surface area contributed by atoms with E-state index in [1.54, 1.807) is 6.07 Å². The number of anilines is 4. The smallest absolute Gasteiger partial charge is 0.227 e. The number of hydrogen-bond acceptors (Lipinski definition) is 6. The van der Waals surface area contributed by atoms with Gasteiger partial charge in [0.25, 0.3) is 0 Å². The lowest BCUT2D eigenvalue weighted by atomic mass is 10.0. The fourth-order valence-electron chi connectivity index (χ4n) is 4.81. The molecule has 0 bridgehead atoms. The van der Waals surface area contributed by atoms with E-state index >= 15 is 4.39 Å². The van der Waals surface area contributed by atoms with E-state index in [1.807, 2.05) is 30.9 Å². The second kappa shape index (κ2) is 9.22. The molecule has 2 aromatic carbocycles. The van der Waals surface area contributed by atoms with Crippen molar-refractivity contribution in [2.45, 2.75) is 39.8 Å². The SMILES string of the molecule is CC(=O)N1CCN(C(C)C)c2cc(-c3nc(Nc4ccc5c(c4)CCNC5)ncc3F)cc(F)c21. The van der Waals surface area contributed by atoms with E-state index in [0.717, 1.165) is 31.4 Å². The molecule has 0 radical (unpaired) electrons. The molecule has 0 fully saturated rings. The summed E-state index contributed by atoms with van der Waals surface area (Å²) in [6.07, 6.45) is 2.02. The molecule has 0 saturated carbocycles. The van der Waals surface area contributed by atoms with Gasteiger partial charge in [0.2, 0.25) is 11.9 Å². The Kier molecular flexibility index (Phi) is 6.10. The molecule has 2 aliphatic heterocycles. The first kappa shape index (κ1) is 23.2. The van der Waals surface area contributed by atoms with E-state index in [-0.39, 0.29) is 34.8 Å². The summed E-state index contributed by atoms with van der Waals surface area (Å²) in [5, 5.41) is 6.50. The zero-order valence-corrected chi connectivity index (χ0v) is 20.0. The molecular formula is C26H28F2N6O. The number of carbonyl (C=O) groups excluding carboxylic acids is 1. The van der Waals surface area contributed by atoms with Gasteiger partial charge in [-0.05, 0) is 62.2 Å². The Morgan fingerprint density at radius 1 is 1.11 bits per heavy atom. The second-order valence-electron chi connectivity index (χ2n) is 9.21. The first-order valence-electron chi connectivity index (χ1n) is 11.8. The van der Waals surface area contributed by atoms with Crippen molar-refractivity contribution >= 4 is 28.9 Å². The number of carbonyl (C=O) groups is 1. The van der Waals surface area contributed by atoms with E-state index < -0.39 is 11.6 Å². The molecule has 3 aromatic rings. The molecule has 3 heterocycles. The maximum Gasteiger partial charge on any atom is 0.227 e. The van der Waals surface area contributed by atoms with Crippen LogP contribution in [-0.2, 0) is 17.8 Å². The molecule has 0 atom stereocenters. The van der Waals surface area contributed by atoms with Gasteiger partial charge in [-0.1, -0.05) is 6.07 Å². The Hall–Kier alpha value is -3.59. The minimum atomic E-state index is -0.651. The number of nitrogens with one attached hydrogen (secondary N) is 2. The minimum absolute atomic E-state index is 0.00462. The third-order valence-electron chi connectivity index (χ3n) is 6.56. The molecule has 5 rings (SSSR count). The van der Waals surface area contributed by atoms with Gasteiger partial charge in [-0.25, -0.2) is 18.7 Å². The molecular weight excluding hydrogens is 450 g/mol. The van der Waals surface area contributed by atoms with Crippen LogP contribution in [0.1, 0.15) is 31.9 Å². The summed E-state index contributed by atoms with van der Waals surface area (Å²) < 4.78 is 30.3. The van der Waals surface area contributed by atoms with E-state index in [2.05, 4.69) is 26.7 Å². The van der Waals surface area contributed by atoms with Crippen molar-refractivity contribution in [3.8, 4) is 11.3 Å². The number of aromatic nitrogens is 2.